The Kier molecular flexibility index (Phi) is 35.3. The quantitative estimate of drug-likeness (QED) is 0.0216. The van der Waals surface area contributed by atoms with Gasteiger partial charge in [-0.05, 0) is 33.4 Å². The minimum Gasteiger partial charge on any atom is -0.460 e. The Morgan fingerprint density at radius 3 is 1.04 bits per heavy atom. The highest BCUT2D eigenvalue weighted by atomic mass is 16.5. The van der Waals surface area contributed by atoms with E-state index in [0.29, 0.717) is 105 Å². The molecule has 0 saturated carbocycles. The number of esters is 2. The number of rotatable bonds is 45. The molecule has 67 heavy (non-hydrogen) atoms. The van der Waals surface area contributed by atoms with Crippen molar-refractivity contribution < 1.29 is 96.1 Å². The highest BCUT2D eigenvalue weighted by Gasteiger charge is 2.30. The smallest absolute Gasteiger partial charge is 0.306 e. The van der Waals surface area contributed by atoms with Crippen LogP contribution in [0.15, 0.2) is 0 Å². The number of aliphatic hydroxyl groups excluding tert-OH is 6. The summed E-state index contributed by atoms with van der Waals surface area (Å²) in [5, 5.41) is 62.5. The van der Waals surface area contributed by atoms with Crippen molar-refractivity contribution in [3.63, 3.8) is 0 Å². The predicted molar refractivity (Wildman–Crippen MR) is 253 cm³/mol. The van der Waals surface area contributed by atoms with Gasteiger partial charge >= 0.3 is 11.9 Å². The van der Waals surface area contributed by atoms with Crippen molar-refractivity contribution in [3.05, 3.63) is 0 Å². The van der Waals surface area contributed by atoms with Crippen LogP contribution in [0.4, 0.5) is 0 Å². The third-order valence-electron chi connectivity index (χ3n) is 10.1. The van der Waals surface area contributed by atoms with Gasteiger partial charge in [0.15, 0.2) is 0 Å². The number of likely N-dealkylation sites (N-methyl/N-ethyl adjacent to an activating group) is 5. The minimum atomic E-state index is -0.892. The van der Waals surface area contributed by atoms with Gasteiger partial charge in [-0.2, -0.15) is 0 Å². The number of carbonyl (C=O) groups excluding carboxylic acids is 2. The maximum atomic E-state index is 12.7. The molecule has 6 N–H and O–H groups in total. The molecule has 0 aromatic carbocycles. The maximum absolute atomic E-state index is 12.7. The average Bonchev–Trinajstić information content (AvgIpc) is 3.16. The molecule has 0 radical (unpaired) electrons. The zero-order valence-corrected chi connectivity index (χ0v) is 43.6. The topological polar surface area (TPSA) is 233 Å². The summed E-state index contributed by atoms with van der Waals surface area (Å²) in [5.74, 6) is -1.12. The lowest BCUT2D eigenvalue weighted by molar-refractivity contribution is -0.915. The molecule has 0 aliphatic rings. The third kappa shape index (κ3) is 42.8. The molecule has 0 spiro atoms. The van der Waals surface area contributed by atoms with Gasteiger partial charge in [-0.1, -0.05) is 0 Å². The molecule has 0 bridgehead atoms. The molecular weight excluding hydrogens is 879 g/mol. The average molecular weight is 978 g/mol. The number of quaternary nitrogens is 4. The summed E-state index contributed by atoms with van der Waals surface area (Å²) in [7, 11) is 21.4. The molecule has 0 heterocycles. The number of hydrogen-bond acceptors (Lipinski definition) is 17. The van der Waals surface area contributed by atoms with E-state index in [0.717, 1.165) is 0 Å². The Labute approximate surface area is 403 Å². The van der Waals surface area contributed by atoms with E-state index < -0.39 is 48.6 Å². The molecule has 400 valence electrons. The summed E-state index contributed by atoms with van der Waals surface area (Å²) in [6, 6.07) is 0. The van der Waals surface area contributed by atoms with Gasteiger partial charge < -0.3 is 91.4 Å². The van der Waals surface area contributed by atoms with Crippen molar-refractivity contribution in [3.8, 4) is 0 Å². The van der Waals surface area contributed by atoms with Crippen LogP contribution in [0.25, 0.3) is 0 Å². The van der Waals surface area contributed by atoms with Crippen LogP contribution in [0.5, 0.6) is 0 Å². The van der Waals surface area contributed by atoms with E-state index in [1.807, 2.05) is 82.4 Å². The van der Waals surface area contributed by atoms with Crippen molar-refractivity contribution in [2.24, 2.45) is 0 Å². The molecule has 7 atom stereocenters. The largest absolute Gasteiger partial charge is 0.460 e. The Morgan fingerprint density at radius 2 is 0.716 bits per heavy atom. The molecule has 0 rings (SSSR count). The number of nitrogens with zero attached hydrogens (tertiary/aromatic N) is 5. The summed E-state index contributed by atoms with van der Waals surface area (Å²) in [4.78, 5) is 27.0. The normalized spacial score (nSPS) is 16.3. The monoisotopic (exact) mass is 978 g/mol. The second kappa shape index (κ2) is 36.2. The molecule has 21 nitrogen and oxygen atoms in total. The van der Waals surface area contributed by atoms with Gasteiger partial charge in [0.05, 0.1) is 122 Å². The number of ether oxygens (including phenoxy) is 8. The van der Waals surface area contributed by atoms with Gasteiger partial charge in [0, 0.05) is 46.2 Å². The first-order valence-electron chi connectivity index (χ1n) is 24.0. The van der Waals surface area contributed by atoms with E-state index in [4.69, 9.17) is 37.9 Å². The molecule has 0 aromatic heterocycles. The summed E-state index contributed by atoms with van der Waals surface area (Å²) in [6.45, 7) is 6.53. The SMILES string of the molecule is CN(C)CC(O)COCCCOCC(O)C[N+](C)(CCOC(=O)CCC(=O)OCC[N+](C)(C)CC(O)COCCCOCC(O)C[N+](C)(C)C)CC(O)COCCCOCC(O)C[N+](C)(C)C. The molecule has 7 unspecified atom stereocenters. The fraction of sp³-hybridized carbons (Fsp3) is 0.957. The van der Waals surface area contributed by atoms with Gasteiger partial charge in [-0.15, -0.1) is 0 Å². The van der Waals surface area contributed by atoms with Crippen molar-refractivity contribution in [2.45, 2.75) is 68.7 Å². The molecule has 0 saturated heterocycles. The van der Waals surface area contributed by atoms with Gasteiger partial charge in [-0.3, -0.25) is 9.59 Å². The Bertz CT molecular complexity index is 1240. The Balaban J connectivity index is 4.75. The van der Waals surface area contributed by atoms with Crippen LogP contribution in [0.3, 0.4) is 0 Å². The van der Waals surface area contributed by atoms with E-state index in [1.165, 1.54) is 0 Å². The molecule has 0 fully saturated rings. The highest BCUT2D eigenvalue weighted by molar-refractivity contribution is 5.77. The van der Waals surface area contributed by atoms with Crippen LogP contribution in [-0.2, 0) is 47.5 Å². The zero-order chi connectivity index (χ0) is 50.9. The summed E-state index contributed by atoms with van der Waals surface area (Å²) >= 11 is 0. The van der Waals surface area contributed by atoms with E-state index >= 15 is 0 Å². The fourth-order valence-electron chi connectivity index (χ4n) is 7.18. The van der Waals surface area contributed by atoms with Crippen LogP contribution >= 0.6 is 0 Å². The van der Waals surface area contributed by atoms with Gasteiger partial charge in [0.1, 0.15) is 89.5 Å². The first-order chi connectivity index (χ1) is 31.2. The van der Waals surface area contributed by atoms with Crippen molar-refractivity contribution in [2.75, 3.05) is 222 Å². The predicted octanol–water partition coefficient (Wildman–Crippen LogP) is -2.21. The van der Waals surface area contributed by atoms with Crippen molar-refractivity contribution in [1.29, 1.82) is 0 Å². The lowest BCUT2D eigenvalue weighted by Gasteiger charge is -2.37. The van der Waals surface area contributed by atoms with Gasteiger partial charge in [0.25, 0.3) is 0 Å². The molecule has 0 aliphatic carbocycles. The molecule has 21 heteroatoms. The van der Waals surface area contributed by atoms with E-state index in [2.05, 4.69) is 0 Å². The number of aliphatic hydroxyl groups is 6. The van der Waals surface area contributed by atoms with Crippen LogP contribution < -0.4 is 0 Å². The Morgan fingerprint density at radius 1 is 0.418 bits per heavy atom. The second-order valence-corrected chi connectivity index (χ2v) is 21.1. The second-order valence-electron chi connectivity index (χ2n) is 21.1. The van der Waals surface area contributed by atoms with Gasteiger partial charge in [0.2, 0.25) is 0 Å². The molecule has 0 amide bonds. The Hall–Kier alpha value is -1.74. The van der Waals surface area contributed by atoms with Crippen LogP contribution in [0, 0.1) is 0 Å². The van der Waals surface area contributed by atoms with Crippen LogP contribution in [0.2, 0.25) is 0 Å². The summed E-state index contributed by atoms with van der Waals surface area (Å²) in [5.41, 5.74) is 0. The maximum Gasteiger partial charge on any atom is 0.306 e. The summed E-state index contributed by atoms with van der Waals surface area (Å²) in [6.07, 6.45) is -2.73. The van der Waals surface area contributed by atoms with Crippen molar-refractivity contribution in [1.82, 2.24) is 4.90 Å². The van der Waals surface area contributed by atoms with E-state index in [-0.39, 0.29) is 89.8 Å². The number of hydrogen-bond donors (Lipinski definition) is 6. The minimum absolute atomic E-state index is 0.0212. The summed E-state index contributed by atoms with van der Waals surface area (Å²) < 4.78 is 46.2. The van der Waals surface area contributed by atoms with Crippen molar-refractivity contribution >= 4 is 11.9 Å². The third-order valence-corrected chi connectivity index (χ3v) is 10.1. The van der Waals surface area contributed by atoms with E-state index in [9.17, 15) is 40.2 Å². The molecule has 0 aromatic rings. The first kappa shape index (κ1) is 65.3. The van der Waals surface area contributed by atoms with Crippen LogP contribution in [0.1, 0.15) is 32.1 Å². The highest BCUT2D eigenvalue weighted by Crippen LogP contribution is 2.10. The van der Waals surface area contributed by atoms with Crippen LogP contribution in [-0.4, -0.2) is 324 Å². The molecule has 0 aliphatic heterocycles. The standard InChI is InChI=1S/C46H99N5O16/c1-47(2)27-39(52)33-60-19-12-23-64-37-43(56)31-51(11,32-44(57)38-65-24-14-21-62-35-41(54)29-49(6,7)8)18-26-67-46(59)16-15-45(58)66-25-17-50(9,10)30-42(55)36-63-22-13-20-61-34-40(53)28-48(3,4)5/h39-44,52-57H,12-38H2,1-11H3/q+4. The fourth-order valence-corrected chi connectivity index (χ4v) is 7.18. The van der Waals surface area contributed by atoms with Gasteiger partial charge in [-0.25, -0.2) is 0 Å². The molecular formula is C46H99N5O16+4. The number of carbonyl (C=O) groups is 2. The zero-order valence-electron chi connectivity index (χ0n) is 43.6. The first-order valence-corrected chi connectivity index (χ1v) is 24.0. The lowest BCUT2D eigenvalue weighted by atomic mass is 10.2. The lowest BCUT2D eigenvalue weighted by Crippen LogP contribution is -2.55. The van der Waals surface area contributed by atoms with E-state index in [1.54, 1.807) is 0 Å².